The predicted molar refractivity (Wildman–Crippen MR) is 85.3 cm³/mol. The van der Waals surface area contributed by atoms with Crippen LogP contribution in [0.15, 0.2) is 30.5 Å². The van der Waals surface area contributed by atoms with E-state index in [4.69, 9.17) is 17.3 Å². The molecule has 3 rings (SSSR count). The lowest BCUT2D eigenvalue weighted by Crippen LogP contribution is -2.17. The monoisotopic (exact) mass is 323 g/mol. The van der Waals surface area contributed by atoms with Crippen LogP contribution >= 0.6 is 22.9 Å². The van der Waals surface area contributed by atoms with Crippen molar-refractivity contribution in [1.82, 2.24) is 9.78 Å². The topological polar surface area (TPSA) is 43.8 Å². The van der Waals surface area contributed by atoms with Gasteiger partial charge in [0.05, 0.1) is 23.0 Å². The summed E-state index contributed by atoms with van der Waals surface area (Å²) >= 11 is 7.79. The third-order valence-electron chi connectivity index (χ3n) is 3.37. The SMILES string of the molecule is CCCn1ncc(Cl)c1C(N)c1cc2cc(F)ccc2s1. The van der Waals surface area contributed by atoms with Gasteiger partial charge in [0.2, 0.25) is 0 Å². The van der Waals surface area contributed by atoms with Crippen LogP contribution in [0.3, 0.4) is 0 Å². The molecule has 0 aliphatic rings. The minimum atomic E-state index is -0.355. The van der Waals surface area contributed by atoms with Gasteiger partial charge in [-0.3, -0.25) is 4.68 Å². The molecule has 3 aromatic rings. The number of thiophene rings is 1. The van der Waals surface area contributed by atoms with E-state index in [0.717, 1.165) is 33.6 Å². The largest absolute Gasteiger partial charge is 0.318 e. The van der Waals surface area contributed by atoms with Gasteiger partial charge in [-0.1, -0.05) is 18.5 Å². The number of halogens is 2. The van der Waals surface area contributed by atoms with Crippen molar-refractivity contribution in [3.8, 4) is 0 Å². The molecule has 2 aromatic heterocycles. The number of rotatable bonds is 4. The summed E-state index contributed by atoms with van der Waals surface area (Å²) in [5.41, 5.74) is 7.18. The molecule has 0 bridgehead atoms. The van der Waals surface area contributed by atoms with Crippen LogP contribution in [-0.2, 0) is 6.54 Å². The summed E-state index contributed by atoms with van der Waals surface area (Å²) in [6.45, 7) is 2.85. The van der Waals surface area contributed by atoms with Crippen molar-refractivity contribution >= 4 is 33.0 Å². The van der Waals surface area contributed by atoms with Gasteiger partial charge in [-0.15, -0.1) is 11.3 Å². The van der Waals surface area contributed by atoms with E-state index in [0.29, 0.717) is 5.02 Å². The summed E-state index contributed by atoms with van der Waals surface area (Å²) in [6.07, 6.45) is 2.58. The van der Waals surface area contributed by atoms with Crippen molar-refractivity contribution in [2.45, 2.75) is 25.9 Å². The highest BCUT2D eigenvalue weighted by molar-refractivity contribution is 7.19. The van der Waals surface area contributed by atoms with Gasteiger partial charge in [-0.2, -0.15) is 5.10 Å². The zero-order valence-corrected chi connectivity index (χ0v) is 13.1. The smallest absolute Gasteiger partial charge is 0.123 e. The fraction of sp³-hybridized carbons (Fsp3) is 0.267. The van der Waals surface area contributed by atoms with Gasteiger partial charge >= 0.3 is 0 Å². The predicted octanol–water partition coefficient (Wildman–Crippen LogP) is 4.35. The molecular formula is C15H15ClFN3S. The minimum Gasteiger partial charge on any atom is -0.318 e. The van der Waals surface area contributed by atoms with Gasteiger partial charge in [0.1, 0.15) is 5.82 Å². The Bertz CT molecular complexity index is 780. The molecule has 3 nitrogen and oxygen atoms in total. The number of aromatic nitrogens is 2. The second kappa shape index (κ2) is 5.75. The Kier molecular flexibility index (Phi) is 3.97. The molecule has 2 N–H and O–H groups in total. The highest BCUT2D eigenvalue weighted by Gasteiger charge is 2.20. The van der Waals surface area contributed by atoms with E-state index in [1.54, 1.807) is 23.6 Å². The molecule has 0 aliphatic carbocycles. The Labute approximate surface area is 131 Å². The average Bonchev–Trinajstić information content (AvgIpc) is 3.02. The molecule has 2 heterocycles. The highest BCUT2D eigenvalue weighted by atomic mass is 35.5. The second-order valence-electron chi connectivity index (χ2n) is 4.91. The third-order valence-corrected chi connectivity index (χ3v) is 4.86. The van der Waals surface area contributed by atoms with Crippen LogP contribution in [0, 0.1) is 5.82 Å². The van der Waals surface area contributed by atoms with Crippen LogP contribution in [0.4, 0.5) is 4.39 Å². The summed E-state index contributed by atoms with van der Waals surface area (Å²) in [7, 11) is 0. The molecule has 1 unspecified atom stereocenters. The van der Waals surface area contributed by atoms with Gasteiger partial charge in [0, 0.05) is 16.1 Å². The van der Waals surface area contributed by atoms with Crippen LogP contribution in [0.1, 0.15) is 30.0 Å². The van der Waals surface area contributed by atoms with E-state index in [9.17, 15) is 4.39 Å². The van der Waals surface area contributed by atoms with Crippen molar-refractivity contribution in [2.24, 2.45) is 5.73 Å². The number of benzene rings is 1. The molecule has 0 saturated carbocycles. The molecule has 0 fully saturated rings. The molecule has 0 aliphatic heterocycles. The molecule has 1 aromatic carbocycles. The van der Waals surface area contributed by atoms with Crippen molar-refractivity contribution in [2.75, 3.05) is 0 Å². The van der Waals surface area contributed by atoms with Gasteiger partial charge in [-0.05, 0) is 36.1 Å². The minimum absolute atomic E-state index is 0.241. The standard InChI is InChI=1S/C15H15ClFN3S/c1-2-5-20-15(11(16)8-19-20)14(18)13-7-9-6-10(17)3-4-12(9)21-13/h3-4,6-8,14H,2,5,18H2,1H3. The van der Waals surface area contributed by atoms with Gasteiger partial charge in [0.25, 0.3) is 0 Å². The van der Waals surface area contributed by atoms with Crippen LogP contribution < -0.4 is 5.73 Å². The Morgan fingerprint density at radius 3 is 3.00 bits per heavy atom. The van der Waals surface area contributed by atoms with Crippen LogP contribution in [0.25, 0.3) is 10.1 Å². The van der Waals surface area contributed by atoms with Gasteiger partial charge in [-0.25, -0.2) is 4.39 Å². The first-order chi connectivity index (χ1) is 10.1. The molecule has 6 heteroatoms. The van der Waals surface area contributed by atoms with E-state index < -0.39 is 0 Å². The number of fused-ring (bicyclic) bond motifs is 1. The molecule has 0 spiro atoms. The lowest BCUT2D eigenvalue weighted by Gasteiger charge is -2.13. The number of hydrogen-bond acceptors (Lipinski definition) is 3. The maximum atomic E-state index is 13.3. The summed E-state index contributed by atoms with van der Waals surface area (Å²) in [6, 6.07) is 6.33. The Balaban J connectivity index is 2.03. The summed E-state index contributed by atoms with van der Waals surface area (Å²) in [5.74, 6) is -0.241. The third kappa shape index (κ3) is 2.69. The summed E-state index contributed by atoms with van der Waals surface area (Å²) < 4.78 is 16.1. The molecule has 0 saturated heterocycles. The maximum absolute atomic E-state index is 13.3. The Morgan fingerprint density at radius 2 is 2.24 bits per heavy atom. The van der Waals surface area contributed by atoms with Crippen molar-refractivity contribution in [3.05, 3.63) is 51.9 Å². The zero-order valence-electron chi connectivity index (χ0n) is 11.5. The molecule has 0 radical (unpaired) electrons. The maximum Gasteiger partial charge on any atom is 0.123 e. The lowest BCUT2D eigenvalue weighted by molar-refractivity contribution is 0.561. The van der Waals surface area contributed by atoms with E-state index in [1.165, 1.54) is 12.1 Å². The van der Waals surface area contributed by atoms with Crippen molar-refractivity contribution < 1.29 is 4.39 Å². The van der Waals surface area contributed by atoms with Crippen LogP contribution in [-0.4, -0.2) is 9.78 Å². The second-order valence-corrected chi connectivity index (χ2v) is 6.43. The normalized spacial score (nSPS) is 13.0. The number of aryl methyl sites for hydroxylation is 1. The first kappa shape index (κ1) is 14.5. The van der Waals surface area contributed by atoms with Crippen molar-refractivity contribution in [1.29, 1.82) is 0 Å². The molecule has 110 valence electrons. The van der Waals surface area contributed by atoms with E-state index in [-0.39, 0.29) is 11.9 Å². The molecular weight excluding hydrogens is 309 g/mol. The number of hydrogen-bond donors (Lipinski definition) is 1. The van der Waals surface area contributed by atoms with E-state index in [1.807, 2.05) is 10.7 Å². The quantitative estimate of drug-likeness (QED) is 0.775. The molecule has 21 heavy (non-hydrogen) atoms. The molecule has 0 amide bonds. The fourth-order valence-electron chi connectivity index (χ4n) is 2.39. The Hall–Kier alpha value is -1.43. The number of nitrogens with zero attached hydrogens (tertiary/aromatic N) is 2. The lowest BCUT2D eigenvalue weighted by atomic mass is 10.1. The van der Waals surface area contributed by atoms with Gasteiger partial charge in [0.15, 0.2) is 0 Å². The fourth-order valence-corrected chi connectivity index (χ4v) is 3.70. The first-order valence-corrected chi connectivity index (χ1v) is 7.95. The van der Waals surface area contributed by atoms with E-state index in [2.05, 4.69) is 12.0 Å². The molecule has 1 atom stereocenters. The zero-order chi connectivity index (χ0) is 15.0. The van der Waals surface area contributed by atoms with Crippen LogP contribution in [0.5, 0.6) is 0 Å². The summed E-state index contributed by atoms with van der Waals surface area (Å²) in [4.78, 5) is 0.954. The first-order valence-electron chi connectivity index (χ1n) is 6.76. The average molecular weight is 324 g/mol. The van der Waals surface area contributed by atoms with Crippen molar-refractivity contribution in [3.63, 3.8) is 0 Å². The Morgan fingerprint density at radius 1 is 1.43 bits per heavy atom. The van der Waals surface area contributed by atoms with Gasteiger partial charge < -0.3 is 5.73 Å². The highest BCUT2D eigenvalue weighted by Crippen LogP contribution is 2.34. The number of nitrogens with two attached hydrogens (primary N) is 1. The van der Waals surface area contributed by atoms with E-state index >= 15 is 0 Å². The van der Waals surface area contributed by atoms with Crippen LogP contribution in [0.2, 0.25) is 5.02 Å². The summed E-state index contributed by atoms with van der Waals surface area (Å²) in [5, 5.41) is 5.70.